The fraction of sp³-hybridized carbons (Fsp3) is 0.240. The fourth-order valence-corrected chi connectivity index (χ4v) is 3.02. The van der Waals surface area contributed by atoms with Crippen molar-refractivity contribution in [3.63, 3.8) is 0 Å². The summed E-state index contributed by atoms with van der Waals surface area (Å²) >= 11 is 0. The molecule has 0 aromatic heterocycles. The smallest absolute Gasteiger partial charge is 0.255 e. The van der Waals surface area contributed by atoms with E-state index in [0.717, 1.165) is 28.3 Å². The minimum absolute atomic E-state index is 0.161. The van der Waals surface area contributed by atoms with Gasteiger partial charge in [0.1, 0.15) is 18.1 Å². The van der Waals surface area contributed by atoms with Crippen LogP contribution in [0.1, 0.15) is 39.5 Å². The van der Waals surface area contributed by atoms with E-state index in [4.69, 9.17) is 9.47 Å². The summed E-state index contributed by atoms with van der Waals surface area (Å²) < 4.78 is 11.7. The zero-order valence-electron chi connectivity index (χ0n) is 17.4. The van der Waals surface area contributed by atoms with E-state index in [-0.39, 0.29) is 5.91 Å². The van der Waals surface area contributed by atoms with Crippen molar-refractivity contribution in [2.45, 2.75) is 34.3 Å². The highest BCUT2D eigenvalue weighted by Crippen LogP contribution is 2.24. The van der Waals surface area contributed by atoms with Crippen LogP contribution in [0.15, 0.2) is 60.7 Å². The van der Waals surface area contributed by atoms with Crippen LogP contribution in [0.3, 0.4) is 0 Å². The summed E-state index contributed by atoms with van der Waals surface area (Å²) in [6.45, 7) is 8.93. The molecule has 29 heavy (non-hydrogen) atoms. The van der Waals surface area contributed by atoms with Crippen LogP contribution in [0, 0.1) is 20.8 Å². The van der Waals surface area contributed by atoms with Gasteiger partial charge < -0.3 is 14.8 Å². The lowest BCUT2D eigenvalue weighted by molar-refractivity contribution is 0.102. The number of carbonyl (C=O) groups excluding carboxylic acids is 1. The van der Waals surface area contributed by atoms with Gasteiger partial charge >= 0.3 is 0 Å². The monoisotopic (exact) mass is 389 g/mol. The van der Waals surface area contributed by atoms with Gasteiger partial charge in [-0.3, -0.25) is 4.79 Å². The highest BCUT2D eigenvalue weighted by atomic mass is 16.5. The third-order valence-corrected chi connectivity index (χ3v) is 4.77. The number of aryl methyl sites for hydroxylation is 3. The number of benzene rings is 3. The maximum Gasteiger partial charge on any atom is 0.255 e. The minimum Gasteiger partial charge on any atom is -0.493 e. The lowest BCUT2D eigenvalue weighted by Gasteiger charge is -2.14. The van der Waals surface area contributed by atoms with Crippen LogP contribution >= 0.6 is 0 Å². The molecule has 0 radical (unpaired) electrons. The number of ether oxygens (including phenoxy) is 2. The van der Waals surface area contributed by atoms with Crippen LogP contribution < -0.4 is 14.8 Å². The fourth-order valence-electron chi connectivity index (χ4n) is 3.02. The van der Waals surface area contributed by atoms with Crippen LogP contribution in [0.2, 0.25) is 0 Å². The zero-order chi connectivity index (χ0) is 20.8. The molecule has 150 valence electrons. The number of rotatable bonds is 7. The van der Waals surface area contributed by atoms with Gasteiger partial charge in [0.15, 0.2) is 0 Å². The molecular formula is C25H27NO3. The van der Waals surface area contributed by atoms with Crippen molar-refractivity contribution in [3.8, 4) is 11.5 Å². The van der Waals surface area contributed by atoms with Crippen molar-refractivity contribution < 1.29 is 14.3 Å². The Bertz CT molecular complexity index is 1010. The molecule has 0 bridgehead atoms. The molecule has 0 unspecified atom stereocenters. The van der Waals surface area contributed by atoms with Crippen LogP contribution in [0.5, 0.6) is 11.5 Å². The largest absolute Gasteiger partial charge is 0.493 e. The van der Waals surface area contributed by atoms with Crippen LogP contribution in [-0.2, 0) is 6.61 Å². The molecule has 0 atom stereocenters. The molecule has 0 aliphatic carbocycles. The summed E-state index contributed by atoms with van der Waals surface area (Å²) in [5, 5.41) is 2.94. The molecule has 0 heterocycles. The molecule has 0 fully saturated rings. The Morgan fingerprint density at radius 3 is 2.45 bits per heavy atom. The molecule has 0 aliphatic rings. The first kappa shape index (κ1) is 20.5. The second-order valence-corrected chi connectivity index (χ2v) is 7.11. The summed E-state index contributed by atoms with van der Waals surface area (Å²) in [5.41, 5.74) is 5.67. The van der Waals surface area contributed by atoms with Gasteiger partial charge in [-0.2, -0.15) is 0 Å². The topological polar surface area (TPSA) is 47.6 Å². The van der Waals surface area contributed by atoms with E-state index < -0.39 is 0 Å². The Kier molecular flexibility index (Phi) is 6.55. The summed E-state index contributed by atoms with van der Waals surface area (Å²) in [6.07, 6.45) is 0. The molecule has 0 saturated heterocycles. The first-order valence-electron chi connectivity index (χ1n) is 9.80. The van der Waals surface area contributed by atoms with Crippen LogP contribution in [0.4, 0.5) is 5.69 Å². The Morgan fingerprint density at radius 1 is 0.897 bits per heavy atom. The van der Waals surface area contributed by atoms with Crippen molar-refractivity contribution in [2.24, 2.45) is 0 Å². The standard InChI is InChI=1S/C25H27NO3/c1-5-28-24-12-10-20(25(27)26-22-8-6-7-17(2)13-22)15-21(24)16-29-23-11-9-18(3)19(4)14-23/h6-15H,5,16H2,1-4H3,(H,26,27). The van der Waals surface area contributed by atoms with E-state index in [0.29, 0.717) is 18.8 Å². The predicted molar refractivity (Wildman–Crippen MR) is 117 cm³/mol. The Hall–Kier alpha value is -3.27. The lowest BCUT2D eigenvalue weighted by atomic mass is 10.1. The molecule has 1 N–H and O–H groups in total. The third kappa shape index (κ3) is 5.38. The second kappa shape index (κ2) is 9.28. The minimum atomic E-state index is -0.161. The van der Waals surface area contributed by atoms with Gasteiger partial charge in [0, 0.05) is 16.8 Å². The quantitative estimate of drug-likeness (QED) is 0.552. The number of anilines is 1. The normalized spacial score (nSPS) is 10.5. The van der Waals surface area contributed by atoms with E-state index >= 15 is 0 Å². The Balaban J connectivity index is 1.79. The number of nitrogens with one attached hydrogen (secondary N) is 1. The zero-order valence-corrected chi connectivity index (χ0v) is 17.4. The van der Waals surface area contributed by atoms with E-state index in [1.165, 1.54) is 11.1 Å². The second-order valence-electron chi connectivity index (χ2n) is 7.11. The molecule has 3 rings (SSSR count). The maximum atomic E-state index is 12.7. The van der Waals surface area contributed by atoms with E-state index in [1.54, 1.807) is 6.07 Å². The molecule has 4 heteroatoms. The molecule has 4 nitrogen and oxygen atoms in total. The van der Waals surface area contributed by atoms with E-state index in [1.807, 2.05) is 68.4 Å². The summed E-state index contributed by atoms with van der Waals surface area (Å²) in [6, 6.07) is 19.2. The lowest BCUT2D eigenvalue weighted by Crippen LogP contribution is -2.13. The van der Waals surface area contributed by atoms with Gasteiger partial charge in [0.25, 0.3) is 5.91 Å². The van der Waals surface area contributed by atoms with Crippen LogP contribution in [0.25, 0.3) is 0 Å². The van der Waals surface area contributed by atoms with Gasteiger partial charge in [-0.05, 0) is 86.8 Å². The maximum absolute atomic E-state index is 12.7. The van der Waals surface area contributed by atoms with Gasteiger partial charge in [-0.1, -0.05) is 18.2 Å². The number of hydrogen-bond donors (Lipinski definition) is 1. The summed E-state index contributed by atoms with van der Waals surface area (Å²) in [4.78, 5) is 12.7. The van der Waals surface area contributed by atoms with Crippen LogP contribution in [-0.4, -0.2) is 12.5 Å². The van der Waals surface area contributed by atoms with Gasteiger partial charge in [0.2, 0.25) is 0 Å². The molecule has 0 spiro atoms. The van der Waals surface area contributed by atoms with Gasteiger partial charge in [0.05, 0.1) is 6.61 Å². The van der Waals surface area contributed by atoms with Crippen molar-refractivity contribution in [1.29, 1.82) is 0 Å². The average molecular weight is 389 g/mol. The third-order valence-electron chi connectivity index (χ3n) is 4.77. The average Bonchev–Trinajstić information content (AvgIpc) is 2.70. The molecule has 1 amide bonds. The SMILES string of the molecule is CCOc1ccc(C(=O)Nc2cccc(C)c2)cc1COc1ccc(C)c(C)c1. The van der Waals surface area contributed by atoms with Gasteiger partial charge in [-0.25, -0.2) is 0 Å². The molecule has 3 aromatic rings. The highest BCUT2D eigenvalue weighted by molar-refractivity contribution is 6.04. The van der Waals surface area contributed by atoms with Gasteiger partial charge in [-0.15, -0.1) is 0 Å². The van der Waals surface area contributed by atoms with E-state index in [2.05, 4.69) is 19.2 Å². The molecular weight excluding hydrogens is 362 g/mol. The number of hydrogen-bond acceptors (Lipinski definition) is 3. The van der Waals surface area contributed by atoms with Crippen molar-refractivity contribution in [2.75, 3.05) is 11.9 Å². The van der Waals surface area contributed by atoms with Crippen molar-refractivity contribution in [3.05, 3.63) is 88.5 Å². The first-order chi connectivity index (χ1) is 14.0. The molecule has 3 aromatic carbocycles. The van der Waals surface area contributed by atoms with E-state index in [9.17, 15) is 4.79 Å². The first-order valence-corrected chi connectivity index (χ1v) is 9.80. The van der Waals surface area contributed by atoms with Crippen molar-refractivity contribution >= 4 is 11.6 Å². The summed E-state index contributed by atoms with van der Waals surface area (Å²) in [7, 11) is 0. The number of amides is 1. The number of carbonyl (C=O) groups is 1. The highest BCUT2D eigenvalue weighted by Gasteiger charge is 2.12. The molecule has 0 saturated carbocycles. The Labute approximate surface area is 172 Å². The van der Waals surface area contributed by atoms with Crippen molar-refractivity contribution in [1.82, 2.24) is 0 Å². The Morgan fingerprint density at radius 2 is 1.72 bits per heavy atom. The molecule has 0 aliphatic heterocycles. The predicted octanol–water partition coefficient (Wildman–Crippen LogP) is 5.84. The summed E-state index contributed by atoms with van der Waals surface area (Å²) in [5.74, 6) is 1.36.